The monoisotopic (exact) mass is 281 g/mol. The summed E-state index contributed by atoms with van der Waals surface area (Å²) in [6.07, 6.45) is 0. The Morgan fingerprint density at radius 3 is 1.47 bits per heavy atom. The number of anilines is 1. The highest BCUT2D eigenvalue weighted by atomic mass is 32.2. The predicted octanol–water partition coefficient (Wildman–Crippen LogP) is 0.246. The number of rotatable bonds is 3. The zero-order chi connectivity index (χ0) is 13.4. The third-order valence-corrected chi connectivity index (χ3v) is 3.64. The van der Waals surface area contributed by atoms with E-state index >= 15 is 0 Å². The Morgan fingerprint density at radius 1 is 0.882 bits per heavy atom. The van der Waals surface area contributed by atoms with Crippen LogP contribution in [0.25, 0.3) is 0 Å². The Hall–Kier alpha value is -1.16. The number of hydrogen-bond acceptors (Lipinski definition) is 5. The lowest BCUT2D eigenvalue weighted by Gasteiger charge is -2.14. The summed E-state index contributed by atoms with van der Waals surface area (Å²) in [6, 6.07) is 2.85. The minimum absolute atomic E-state index is 0.216. The summed E-state index contributed by atoms with van der Waals surface area (Å²) >= 11 is 0. The SMILES string of the molecule is CN(C)c1cc(S(=O)(=O)O)cc(S(=O)(=O)O)c1. The average Bonchev–Trinajstić information content (AvgIpc) is 2.14. The molecule has 17 heavy (non-hydrogen) atoms. The fraction of sp³-hybridized carbons (Fsp3) is 0.250. The Kier molecular flexibility index (Phi) is 3.48. The molecular formula is C8H11NO6S2. The van der Waals surface area contributed by atoms with Crippen molar-refractivity contribution in [3.8, 4) is 0 Å². The first kappa shape index (κ1) is 13.9. The maximum atomic E-state index is 10.9. The van der Waals surface area contributed by atoms with Gasteiger partial charge in [-0.3, -0.25) is 9.11 Å². The molecule has 7 nitrogen and oxygen atoms in total. The van der Waals surface area contributed by atoms with Gasteiger partial charge in [-0.05, 0) is 18.2 Å². The molecule has 0 amide bonds. The minimum Gasteiger partial charge on any atom is -0.378 e. The van der Waals surface area contributed by atoms with Crippen molar-refractivity contribution in [3.05, 3.63) is 18.2 Å². The maximum absolute atomic E-state index is 10.9. The van der Waals surface area contributed by atoms with Gasteiger partial charge in [-0.2, -0.15) is 16.8 Å². The van der Waals surface area contributed by atoms with E-state index in [1.54, 1.807) is 14.1 Å². The van der Waals surface area contributed by atoms with Crippen molar-refractivity contribution < 1.29 is 25.9 Å². The molecule has 0 saturated carbocycles. The summed E-state index contributed by atoms with van der Waals surface area (Å²) in [5, 5.41) is 0. The highest BCUT2D eigenvalue weighted by Crippen LogP contribution is 2.23. The molecular weight excluding hydrogens is 270 g/mol. The normalized spacial score (nSPS) is 12.5. The van der Waals surface area contributed by atoms with Gasteiger partial charge in [0, 0.05) is 19.8 Å². The Labute approximate surface area is 99.2 Å². The van der Waals surface area contributed by atoms with Gasteiger partial charge in [0.05, 0.1) is 9.79 Å². The van der Waals surface area contributed by atoms with E-state index in [4.69, 9.17) is 9.11 Å². The van der Waals surface area contributed by atoms with Gasteiger partial charge in [-0.1, -0.05) is 0 Å². The van der Waals surface area contributed by atoms with Gasteiger partial charge in [-0.15, -0.1) is 0 Å². The first-order valence-corrected chi connectivity index (χ1v) is 7.17. The number of nitrogens with zero attached hydrogens (tertiary/aromatic N) is 1. The second-order valence-electron chi connectivity index (χ2n) is 3.51. The van der Waals surface area contributed by atoms with Gasteiger partial charge in [-0.25, -0.2) is 0 Å². The molecule has 0 fully saturated rings. The van der Waals surface area contributed by atoms with E-state index in [9.17, 15) is 16.8 Å². The standard InChI is InChI=1S/C8H11NO6S2/c1-9(2)6-3-7(16(10,11)12)5-8(4-6)17(13,14)15/h3-5H,1-2H3,(H,10,11,12)(H,13,14,15). The molecule has 0 heterocycles. The summed E-state index contributed by atoms with van der Waals surface area (Å²) in [6.45, 7) is 0. The van der Waals surface area contributed by atoms with E-state index < -0.39 is 30.0 Å². The van der Waals surface area contributed by atoms with Crippen molar-refractivity contribution in [2.45, 2.75) is 9.79 Å². The smallest absolute Gasteiger partial charge is 0.294 e. The van der Waals surface area contributed by atoms with E-state index in [1.807, 2.05) is 0 Å². The van der Waals surface area contributed by atoms with Crippen LogP contribution in [0.15, 0.2) is 28.0 Å². The first-order valence-electron chi connectivity index (χ1n) is 4.29. The van der Waals surface area contributed by atoms with E-state index in [-0.39, 0.29) is 5.69 Å². The highest BCUT2D eigenvalue weighted by molar-refractivity contribution is 7.86. The molecule has 96 valence electrons. The lowest BCUT2D eigenvalue weighted by atomic mass is 10.3. The average molecular weight is 281 g/mol. The van der Waals surface area contributed by atoms with Gasteiger partial charge >= 0.3 is 0 Å². The van der Waals surface area contributed by atoms with Gasteiger partial charge in [0.15, 0.2) is 0 Å². The highest BCUT2D eigenvalue weighted by Gasteiger charge is 2.18. The van der Waals surface area contributed by atoms with E-state index in [2.05, 4.69) is 0 Å². The topological polar surface area (TPSA) is 112 Å². The molecule has 0 aromatic heterocycles. The van der Waals surface area contributed by atoms with Crippen LogP contribution in [-0.2, 0) is 20.2 Å². The van der Waals surface area contributed by atoms with Crippen molar-refractivity contribution in [1.82, 2.24) is 0 Å². The Morgan fingerprint density at radius 2 is 1.24 bits per heavy atom. The van der Waals surface area contributed by atoms with Crippen molar-refractivity contribution >= 4 is 25.9 Å². The summed E-state index contributed by atoms with van der Waals surface area (Å²) in [7, 11) is -5.98. The van der Waals surface area contributed by atoms with Crippen LogP contribution in [0.2, 0.25) is 0 Å². The Bertz CT molecular complexity index is 582. The number of hydrogen-bond donors (Lipinski definition) is 2. The van der Waals surface area contributed by atoms with Crippen molar-refractivity contribution in [3.63, 3.8) is 0 Å². The largest absolute Gasteiger partial charge is 0.378 e. The van der Waals surface area contributed by atoms with Crippen LogP contribution in [0.4, 0.5) is 5.69 Å². The van der Waals surface area contributed by atoms with E-state index in [0.717, 1.165) is 12.1 Å². The quantitative estimate of drug-likeness (QED) is 0.763. The van der Waals surface area contributed by atoms with Gasteiger partial charge in [0.1, 0.15) is 0 Å². The third-order valence-electron chi connectivity index (χ3n) is 1.98. The van der Waals surface area contributed by atoms with Crippen molar-refractivity contribution in [2.24, 2.45) is 0 Å². The van der Waals surface area contributed by atoms with E-state index in [0.29, 0.717) is 6.07 Å². The van der Waals surface area contributed by atoms with Gasteiger partial charge < -0.3 is 4.90 Å². The fourth-order valence-corrected chi connectivity index (χ4v) is 2.28. The van der Waals surface area contributed by atoms with Crippen LogP contribution in [0.1, 0.15) is 0 Å². The molecule has 0 aliphatic heterocycles. The molecule has 0 radical (unpaired) electrons. The fourth-order valence-electron chi connectivity index (χ4n) is 1.11. The second kappa shape index (κ2) is 4.26. The van der Waals surface area contributed by atoms with Crippen molar-refractivity contribution in [2.75, 3.05) is 19.0 Å². The molecule has 0 bridgehead atoms. The lowest BCUT2D eigenvalue weighted by molar-refractivity contribution is 0.481. The van der Waals surface area contributed by atoms with Crippen LogP contribution >= 0.6 is 0 Å². The Balaban J connectivity index is 3.62. The molecule has 0 saturated heterocycles. The van der Waals surface area contributed by atoms with Crippen LogP contribution in [-0.4, -0.2) is 40.0 Å². The third kappa shape index (κ3) is 3.40. The molecule has 9 heteroatoms. The maximum Gasteiger partial charge on any atom is 0.294 e. The van der Waals surface area contributed by atoms with E-state index in [1.165, 1.54) is 4.90 Å². The second-order valence-corrected chi connectivity index (χ2v) is 6.35. The molecule has 0 aliphatic rings. The molecule has 0 atom stereocenters. The minimum atomic E-state index is -4.54. The summed E-state index contributed by atoms with van der Waals surface area (Å²) in [5.41, 5.74) is 0.216. The van der Waals surface area contributed by atoms with Gasteiger partial charge in [0.2, 0.25) is 0 Å². The van der Waals surface area contributed by atoms with Crippen LogP contribution in [0.3, 0.4) is 0 Å². The predicted molar refractivity (Wildman–Crippen MR) is 60.4 cm³/mol. The first-order chi connectivity index (χ1) is 7.51. The summed E-state index contributed by atoms with van der Waals surface area (Å²) in [5.74, 6) is 0. The van der Waals surface area contributed by atoms with Crippen LogP contribution in [0.5, 0.6) is 0 Å². The summed E-state index contributed by atoms with van der Waals surface area (Å²) in [4.78, 5) is 0.233. The molecule has 1 aromatic carbocycles. The van der Waals surface area contributed by atoms with Crippen LogP contribution in [0, 0.1) is 0 Å². The lowest BCUT2D eigenvalue weighted by Crippen LogP contribution is -2.12. The summed E-state index contributed by atoms with van der Waals surface area (Å²) < 4.78 is 61.5. The zero-order valence-corrected chi connectivity index (χ0v) is 10.7. The van der Waals surface area contributed by atoms with Crippen LogP contribution < -0.4 is 4.90 Å². The van der Waals surface area contributed by atoms with Crippen molar-refractivity contribution in [1.29, 1.82) is 0 Å². The molecule has 1 aromatic rings. The molecule has 0 aliphatic carbocycles. The molecule has 2 N–H and O–H groups in total. The molecule has 0 spiro atoms. The zero-order valence-electron chi connectivity index (χ0n) is 9.02. The molecule has 1 rings (SSSR count). The molecule has 0 unspecified atom stereocenters. The number of benzene rings is 1. The van der Waals surface area contributed by atoms with Gasteiger partial charge in [0.25, 0.3) is 20.2 Å².